The highest BCUT2D eigenvalue weighted by molar-refractivity contribution is 6.07. The molecular formula is C16H17F2N3O2. The number of halogens is 2. The highest BCUT2D eigenvalue weighted by Gasteiger charge is 2.16. The van der Waals surface area contributed by atoms with Gasteiger partial charge in [-0.25, -0.2) is 4.98 Å². The molecule has 23 heavy (non-hydrogen) atoms. The molecule has 1 amide bonds. The number of amides is 1. The quantitative estimate of drug-likeness (QED) is 0.918. The minimum atomic E-state index is -2.92. The monoisotopic (exact) mass is 321 g/mol. The van der Waals surface area contributed by atoms with Gasteiger partial charge >= 0.3 is 6.61 Å². The first-order chi connectivity index (χ1) is 10.9. The van der Waals surface area contributed by atoms with Gasteiger partial charge in [-0.3, -0.25) is 4.79 Å². The fraction of sp³-hybridized carbons (Fsp3) is 0.250. The first-order valence-corrected chi connectivity index (χ1v) is 6.88. The third kappa shape index (κ3) is 3.94. The summed E-state index contributed by atoms with van der Waals surface area (Å²) >= 11 is 0. The number of aromatic nitrogens is 1. The molecular weight excluding hydrogens is 304 g/mol. The van der Waals surface area contributed by atoms with E-state index in [0.717, 1.165) is 0 Å². The van der Waals surface area contributed by atoms with Gasteiger partial charge in [0.2, 0.25) is 0 Å². The van der Waals surface area contributed by atoms with Gasteiger partial charge in [0.05, 0.1) is 5.56 Å². The second-order valence-corrected chi connectivity index (χ2v) is 5.03. The molecule has 1 heterocycles. The van der Waals surface area contributed by atoms with Crippen LogP contribution in [-0.4, -0.2) is 31.6 Å². The predicted octanol–water partition coefficient (Wildman–Crippen LogP) is 3.31. The zero-order valence-electron chi connectivity index (χ0n) is 13.0. The Bertz CT molecular complexity index is 705. The number of pyridine rings is 1. The lowest BCUT2D eigenvalue weighted by atomic mass is 10.1. The van der Waals surface area contributed by atoms with Crippen LogP contribution in [0.1, 0.15) is 15.9 Å². The topological polar surface area (TPSA) is 54.5 Å². The Morgan fingerprint density at radius 1 is 1.26 bits per heavy atom. The molecule has 0 aliphatic rings. The normalized spacial score (nSPS) is 10.5. The molecule has 0 radical (unpaired) electrons. The van der Waals surface area contributed by atoms with E-state index in [0.29, 0.717) is 22.6 Å². The summed E-state index contributed by atoms with van der Waals surface area (Å²) in [5.41, 5.74) is 1.22. The first-order valence-electron chi connectivity index (χ1n) is 6.88. The zero-order chi connectivity index (χ0) is 17.0. The van der Waals surface area contributed by atoms with Crippen molar-refractivity contribution in [1.29, 1.82) is 0 Å². The molecule has 0 aliphatic carbocycles. The summed E-state index contributed by atoms with van der Waals surface area (Å²) in [6, 6.07) is 7.89. The van der Waals surface area contributed by atoms with E-state index in [1.807, 2.05) is 0 Å². The summed E-state index contributed by atoms with van der Waals surface area (Å²) in [7, 11) is 3.56. The van der Waals surface area contributed by atoms with Crippen LogP contribution in [0.4, 0.5) is 20.3 Å². The van der Waals surface area contributed by atoms with E-state index in [9.17, 15) is 13.6 Å². The number of rotatable bonds is 5. The number of benzene rings is 1. The summed E-state index contributed by atoms with van der Waals surface area (Å²) in [4.78, 5) is 18.3. The van der Waals surface area contributed by atoms with E-state index >= 15 is 0 Å². The van der Waals surface area contributed by atoms with Crippen molar-refractivity contribution in [2.75, 3.05) is 24.3 Å². The lowest BCUT2D eigenvalue weighted by molar-refractivity contribution is -0.0502. The molecule has 122 valence electrons. The molecule has 2 aromatic rings. The van der Waals surface area contributed by atoms with Crippen molar-refractivity contribution in [3.05, 3.63) is 47.7 Å². The Kier molecular flexibility index (Phi) is 5.10. The van der Waals surface area contributed by atoms with Crippen LogP contribution in [0.5, 0.6) is 5.75 Å². The Morgan fingerprint density at radius 3 is 2.65 bits per heavy atom. The highest BCUT2D eigenvalue weighted by atomic mass is 19.3. The largest absolute Gasteiger partial charge is 0.434 e. The van der Waals surface area contributed by atoms with Gasteiger partial charge in [-0.05, 0) is 31.2 Å². The maximum absolute atomic E-state index is 12.5. The molecule has 0 unspecified atom stereocenters. The number of hydrogen-bond acceptors (Lipinski definition) is 4. The number of carbonyl (C=O) groups is 1. The first kappa shape index (κ1) is 16.7. The molecule has 2 rings (SSSR count). The third-order valence-electron chi connectivity index (χ3n) is 3.20. The van der Waals surface area contributed by atoms with E-state index in [2.05, 4.69) is 15.0 Å². The van der Waals surface area contributed by atoms with Crippen LogP contribution >= 0.6 is 0 Å². The second kappa shape index (κ2) is 7.04. The van der Waals surface area contributed by atoms with Gasteiger partial charge in [0.25, 0.3) is 5.91 Å². The van der Waals surface area contributed by atoms with Crippen molar-refractivity contribution in [3.8, 4) is 5.75 Å². The maximum atomic E-state index is 12.5. The minimum absolute atomic E-state index is 0.0248. The Balaban J connectivity index is 2.28. The number of nitrogens with one attached hydrogen (secondary N) is 1. The molecule has 0 fully saturated rings. The molecule has 1 aromatic carbocycles. The van der Waals surface area contributed by atoms with Crippen LogP contribution in [0, 0.1) is 6.92 Å². The summed E-state index contributed by atoms with van der Waals surface area (Å²) in [5, 5.41) is 2.70. The molecule has 0 bridgehead atoms. The molecule has 0 spiro atoms. The number of nitrogens with zero attached hydrogens (tertiary/aromatic N) is 2. The van der Waals surface area contributed by atoms with Gasteiger partial charge in [-0.1, -0.05) is 6.07 Å². The van der Waals surface area contributed by atoms with Crippen LogP contribution < -0.4 is 15.0 Å². The van der Waals surface area contributed by atoms with E-state index in [1.54, 1.807) is 50.3 Å². The predicted molar refractivity (Wildman–Crippen MR) is 84.3 cm³/mol. The standard InChI is InChI=1S/C16H17F2N3O2/c1-10-12(7-4-8-13(10)23-16(17)18)20-15(22)11-6-5-9-19-14(11)21(2)3/h4-9,16H,1-3H3,(H,20,22). The van der Waals surface area contributed by atoms with Crippen molar-refractivity contribution in [2.45, 2.75) is 13.5 Å². The summed E-state index contributed by atoms with van der Waals surface area (Å²) in [6.45, 7) is -1.32. The molecule has 5 nitrogen and oxygen atoms in total. The Hall–Kier alpha value is -2.70. The summed E-state index contributed by atoms with van der Waals surface area (Å²) in [5.74, 6) is 0.165. The lowest BCUT2D eigenvalue weighted by Crippen LogP contribution is -2.20. The summed E-state index contributed by atoms with van der Waals surface area (Å²) in [6.07, 6.45) is 1.59. The molecule has 1 N–H and O–H groups in total. The van der Waals surface area contributed by atoms with Crippen molar-refractivity contribution in [1.82, 2.24) is 4.98 Å². The van der Waals surface area contributed by atoms with Gasteiger partial charge in [-0.15, -0.1) is 0 Å². The second-order valence-electron chi connectivity index (χ2n) is 5.03. The van der Waals surface area contributed by atoms with Gasteiger partial charge in [-0.2, -0.15) is 8.78 Å². The van der Waals surface area contributed by atoms with Crippen molar-refractivity contribution < 1.29 is 18.3 Å². The van der Waals surface area contributed by atoms with Crippen LogP contribution in [-0.2, 0) is 0 Å². The third-order valence-corrected chi connectivity index (χ3v) is 3.20. The zero-order valence-corrected chi connectivity index (χ0v) is 13.0. The van der Waals surface area contributed by atoms with Crippen molar-refractivity contribution in [3.63, 3.8) is 0 Å². The van der Waals surface area contributed by atoms with Crippen LogP contribution in [0.2, 0.25) is 0 Å². The Morgan fingerprint density at radius 2 is 2.00 bits per heavy atom. The average molecular weight is 321 g/mol. The molecule has 0 saturated carbocycles. The average Bonchev–Trinajstić information content (AvgIpc) is 2.50. The number of anilines is 2. The number of hydrogen-bond donors (Lipinski definition) is 1. The molecule has 0 saturated heterocycles. The van der Waals surface area contributed by atoms with Gasteiger partial charge in [0.15, 0.2) is 0 Å². The summed E-state index contributed by atoms with van der Waals surface area (Å²) < 4.78 is 29.2. The van der Waals surface area contributed by atoms with E-state index in [4.69, 9.17) is 0 Å². The Labute approximate surface area is 132 Å². The fourth-order valence-electron chi connectivity index (χ4n) is 2.09. The minimum Gasteiger partial charge on any atom is -0.434 e. The molecule has 0 atom stereocenters. The number of alkyl halides is 2. The van der Waals surface area contributed by atoms with Crippen molar-refractivity contribution in [2.24, 2.45) is 0 Å². The van der Waals surface area contributed by atoms with Crippen LogP contribution in [0.15, 0.2) is 36.5 Å². The maximum Gasteiger partial charge on any atom is 0.387 e. The van der Waals surface area contributed by atoms with E-state index < -0.39 is 6.61 Å². The lowest BCUT2D eigenvalue weighted by Gasteiger charge is -2.17. The fourth-order valence-corrected chi connectivity index (χ4v) is 2.09. The van der Waals surface area contributed by atoms with E-state index in [-0.39, 0.29) is 11.7 Å². The molecule has 1 aromatic heterocycles. The van der Waals surface area contributed by atoms with Crippen LogP contribution in [0.3, 0.4) is 0 Å². The van der Waals surface area contributed by atoms with E-state index in [1.165, 1.54) is 12.1 Å². The highest BCUT2D eigenvalue weighted by Crippen LogP contribution is 2.27. The van der Waals surface area contributed by atoms with Gasteiger partial charge in [0.1, 0.15) is 11.6 Å². The smallest absolute Gasteiger partial charge is 0.387 e. The number of ether oxygens (including phenoxy) is 1. The van der Waals surface area contributed by atoms with Gasteiger partial charge < -0.3 is 15.0 Å². The van der Waals surface area contributed by atoms with Crippen molar-refractivity contribution >= 4 is 17.4 Å². The SMILES string of the molecule is Cc1c(NC(=O)c2cccnc2N(C)C)cccc1OC(F)F. The molecule has 7 heteroatoms. The molecule has 0 aliphatic heterocycles. The van der Waals surface area contributed by atoms with Gasteiger partial charge in [0, 0.05) is 31.5 Å². The number of carbonyl (C=O) groups excluding carboxylic acids is 1. The van der Waals surface area contributed by atoms with Crippen LogP contribution in [0.25, 0.3) is 0 Å².